The minimum atomic E-state index is -3.52. The van der Waals surface area contributed by atoms with Gasteiger partial charge in [-0.2, -0.15) is 4.31 Å². The molecule has 1 aromatic rings. The van der Waals surface area contributed by atoms with Crippen molar-refractivity contribution in [3.05, 3.63) is 28.3 Å². The minimum Gasteiger partial charge on any atom is -0.355 e. The highest BCUT2D eigenvalue weighted by Gasteiger charge is 2.32. The van der Waals surface area contributed by atoms with Crippen LogP contribution in [-0.4, -0.2) is 62.8 Å². The maximum Gasteiger partial charge on any atom is 0.243 e. The Morgan fingerprint density at radius 3 is 2.04 bits per heavy atom. The molecule has 1 saturated heterocycles. The Bertz CT molecular complexity index is 725. The van der Waals surface area contributed by atoms with E-state index in [0.29, 0.717) is 44.2 Å². The predicted octanol–water partition coefficient (Wildman–Crippen LogP) is 1.36. The molecule has 0 unspecified atom stereocenters. The molecule has 2 rings (SSSR count). The van der Waals surface area contributed by atoms with Crippen molar-refractivity contribution in [2.75, 3.05) is 39.3 Å². The van der Waals surface area contributed by atoms with Crippen molar-refractivity contribution in [2.24, 2.45) is 0 Å². The van der Waals surface area contributed by atoms with Crippen molar-refractivity contribution in [1.29, 1.82) is 0 Å². The second-order valence-corrected chi connectivity index (χ2v) is 8.60. The molecule has 7 heteroatoms. The van der Waals surface area contributed by atoms with E-state index in [0.717, 1.165) is 22.3 Å². The van der Waals surface area contributed by atoms with Gasteiger partial charge in [0.2, 0.25) is 15.9 Å². The third kappa shape index (κ3) is 4.22. The number of amides is 1. The number of carbonyl (C=O) groups excluding carboxylic acids is 1. The van der Waals surface area contributed by atoms with E-state index in [2.05, 4.69) is 5.32 Å². The second-order valence-electron chi connectivity index (χ2n) is 6.72. The summed E-state index contributed by atoms with van der Waals surface area (Å²) in [5, 5.41) is 2.78. The Balaban J connectivity index is 2.17. The molecular formula is C18H29N3O3S. The maximum absolute atomic E-state index is 13.2. The van der Waals surface area contributed by atoms with Gasteiger partial charge < -0.3 is 5.32 Å². The number of rotatable bonds is 5. The molecule has 1 aliphatic heterocycles. The zero-order valence-corrected chi connectivity index (χ0v) is 16.7. The number of nitrogens with zero attached hydrogens (tertiary/aromatic N) is 2. The lowest BCUT2D eigenvalue weighted by atomic mass is 10.0. The van der Waals surface area contributed by atoms with Gasteiger partial charge in [-0.15, -0.1) is 0 Å². The number of aryl methyl sites for hydroxylation is 2. The number of likely N-dealkylation sites (N-methyl/N-ethyl adjacent to an activating group) is 1. The van der Waals surface area contributed by atoms with Crippen LogP contribution >= 0.6 is 0 Å². The van der Waals surface area contributed by atoms with Crippen LogP contribution in [-0.2, 0) is 14.8 Å². The lowest BCUT2D eigenvalue weighted by molar-refractivity contribution is -0.122. The number of carbonyl (C=O) groups is 1. The molecule has 0 radical (unpaired) electrons. The summed E-state index contributed by atoms with van der Waals surface area (Å²) >= 11 is 0. The van der Waals surface area contributed by atoms with Crippen molar-refractivity contribution < 1.29 is 13.2 Å². The molecule has 140 valence electrons. The number of hydrogen-bond acceptors (Lipinski definition) is 4. The molecular weight excluding hydrogens is 338 g/mol. The van der Waals surface area contributed by atoms with E-state index in [4.69, 9.17) is 0 Å². The summed E-state index contributed by atoms with van der Waals surface area (Å²) in [5.41, 5.74) is 3.65. The minimum absolute atomic E-state index is 0.0141. The van der Waals surface area contributed by atoms with E-state index in [1.807, 2.05) is 45.6 Å². The van der Waals surface area contributed by atoms with E-state index in [9.17, 15) is 13.2 Å². The molecule has 0 saturated carbocycles. The van der Waals surface area contributed by atoms with Crippen LogP contribution in [0.2, 0.25) is 0 Å². The fourth-order valence-electron chi connectivity index (χ4n) is 3.28. The highest BCUT2D eigenvalue weighted by molar-refractivity contribution is 7.89. The molecule has 1 fully saturated rings. The Kier molecular flexibility index (Phi) is 6.24. The van der Waals surface area contributed by atoms with Gasteiger partial charge in [-0.05, 0) is 56.9 Å². The van der Waals surface area contributed by atoms with Crippen molar-refractivity contribution in [3.8, 4) is 0 Å². The quantitative estimate of drug-likeness (QED) is 0.853. The predicted molar refractivity (Wildman–Crippen MR) is 99.3 cm³/mol. The molecule has 0 aliphatic carbocycles. The maximum atomic E-state index is 13.2. The van der Waals surface area contributed by atoms with Gasteiger partial charge in [-0.1, -0.05) is 6.07 Å². The van der Waals surface area contributed by atoms with E-state index in [1.165, 1.54) is 0 Å². The van der Waals surface area contributed by atoms with Crippen molar-refractivity contribution in [2.45, 2.75) is 39.5 Å². The van der Waals surface area contributed by atoms with E-state index in [-0.39, 0.29) is 5.91 Å². The molecule has 1 heterocycles. The average Bonchev–Trinajstić information content (AvgIpc) is 2.54. The Morgan fingerprint density at radius 1 is 1.04 bits per heavy atom. The third-order valence-electron chi connectivity index (χ3n) is 4.97. The standard InChI is InChI=1S/C18H29N3O3S/c1-6-19-17(22)12-20-7-9-21(10-8-20)25(23,24)18-15(4)13(2)11-14(3)16(18)5/h11H,6-10,12H2,1-5H3,(H,19,22). The molecule has 0 aromatic heterocycles. The van der Waals surface area contributed by atoms with Gasteiger partial charge in [0, 0.05) is 32.7 Å². The Labute approximate surface area is 151 Å². The summed E-state index contributed by atoms with van der Waals surface area (Å²) in [5.74, 6) is -0.0141. The van der Waals surface area contributed by atoms with Crippen molar-refractivity contribution in [3.63, 3.8) is 0 Å². The first kappa shape index (κ1) is 19.9. The van der Waals surface area contributed by atoms with Crippen molar-refractivity contribution in [1.82, 2.24) is 14.5 Å². The SMILES string of the molecule is CCNC(=O)CN1CCN(S(=O)(=O)c2c(C)c(C)cc(C)c2C)CC1. The fourth-order valence-corrected chi connectivity index (χ4v) is 5.28. The highest BCUT2D eigenvalue weighted by atomic mass is 32.2. The van der Waals surface area contributed by atoms with Crippen LogP contribution in [0.3, 0.4) is 0 Å². The summed E-state index contributed by atoms with van der Waals surface area (Å²) < 4.78 is 27.9. The molecule has 0 bridgehead atoms. The average molecular weight is 368 g/mol. The first-order valence-corrected chi connectivity index (χ1v) is 10.2. The lowest BCUT2D eigenvalue weighted by Gasteiger charge is -2.34. The van der Waals surface area contributed by atoms with Crippen LogP contribution < -0.4 is 5.32 Å². The number of benzene rings is 1. The third-order valence-corrected chi connectivity index (χ3v) is 7.14. The van der Waals surface area contributed by atoms with Crippen LogP contribution in [0.5, 0.6) is 0 Å². The first-order valence-electron chi connectivity index (χ1n) is 8.75. The van der Waals surface area contributed by atoms with Gasteiger partial charge in [0.15, 0.2) is 0 Å². The van der Waals surface area contributed by atoms with Gasteiger partial charge in [0.05, 0.1) is 11.4 Å². The van der Waals surface area contributed by atoms with Crippen LogP contribution in [0.4, 0.5) is 0 Å². The second kappa shape index (κ2) is 7.85. The first-order chi connectivity index (χ1) is 11.7. The van der Waals surface area contributed by atoms with E-state index >= 15 is 0 Å². The molecule has 1 aromatic carbocycles. The van der Waals surface area contributed by atoms with Crippen LogP contribution in [0, 0.1) is 27.7 Å². The van der Waals surface area contributed by atoms with Gasteiger partial charge in [-0.25, -0.2) is 8.42 Å². The van der Waals surface area contributed by atoms with E-state index < -0.39 is 10.0 Å². The summed E-state index contributed by atoms with van der Waals surface area (Å²) in [4.78, 5) is 14.1. The van der Waals surface area contributed by atoms with Crippen LogP contribution in [0.1, 0.15) is 29.2 Å². The molecule has 25 heavy (non-hydrogen) atoms. The summed E-state index contributed by atoms with van der Waals surface area (Å²) in [6.45, 7) is 12.4. The van der Waals surface area contributed by atoms with Crippen molar-refractivity contribution >= 4 is 15.9 Å². The summed E-state index contributed by atoms with van der Waals surface area (Å²) in [6, 6.07) is 2.04. The Morgan fingerprint density at radius 2 is 1.56 bits per heavy atom. The lowest BCUT2D eigenvalue weighted by Crippen LogP contribution is -2.51. The van der Waals surface area contributed by atoms with Crippen LogP contribution in [0.15, 0.2) is 11.0 Å². The highest BCUT2D eigenvalue weighted by Crippen LogP contribution is 2.29. The molecule has 1 amide bonds. The zero-order chi connectivity index (χ0) is 18.8. The monoisotopic (exact) mass is 367 g/mol. The number of nitrogens with one attached hydrogen (secondary N) is 1. The fraction of sp³-hybridized carbons (Fsp3) is 0.611. The van der Waals surface area contributed by atoms with Gasteiger partial charge in [-0.3, -0.25) is 9.69 Å². The summed E-state index contributed by atoms with van der Waals surface area (Å²) in [6.07, 6.45) is 0. The van der Waals surface area contributed by atoms with E-state index in [1.54, 1.807) is 4.31 Å². The number of piperazine rings is 1. The van der Waals surface area contributed by atoms with Crippen LogP contribution in [0.25, 0.3) is 0 Å². The smallest absolute Gasteiger partial charge is 0.243 e. The molecule has 0 spiro atoms. The van der Waals surface area contributed by atoms with Gasteiger partial charge in [0.1, 0.15) is 0 Å². The zero-order valence-electron chi connectivity index (χ0n) is 15.8. The number of sulfonamides is 1. The molecule has 1 N–H and O–H groups in total. The van der Waals surface area contributed by atoms with Gasteiger partial charge >= 0.3 is 0 Å². The Hall–Kier alpha value is -1.44. The normalized spacial score (nSPS) is 16.8. The molecule has 6 nitrogen and oxygen atoms in total. The van der Waals surface area contributed by atoms with Gasteiger partial charge in [0.25, 0.3) is 0 Å². The number of hydrogen-bond donors (Lipinski definition) is 1. The molecule has 0 atom stereocenters. The topological polar surface area (TPSA) is 69.7 Å². The largest absolute Gasteiger partial charge is 0.355 e. The molecule has 1 aliphatic rings. The summed E-state index contributed by atoms with van der Waals surface area (Å²) in [7, 11) is -3.52.